The zero-order valence-electron chi connectivity index (χ0n) is 8.13. The normalized spacial score (nSPS) is 11.0. The number of aromatic nitrogens is 1. The van der Waals surface area contributed by atoms with Crippen LogP contribution in [0.25, 0.3) is 6.08 Å². The number of hydrogen-bond donors (Lipinski definition) is 2. The largest absolute Gasteiger partial charge is 0.396 e. The van der Waals surface area contributed by atoms with Gasteiger partial charge in [-0.1, -0.05) is 23.8 Å². The van der Waals surface area contributed by atoms with Gasteiger partial charge < -0.3 is 11.1 Å². The zero-order chi connectivity index (χ0) is 10.4. The van der Waals surface area contributed by atoms with E-state index in [1.54, 1.807) is 6.20 Å². The minimum atomic E-state index is 0.359. The lowest BCUT2D eigenvalue weighted by molar-refractivity contribution is 0.809. The number of nitrogens with two attached hydrogens (primary N) is 1. The molecule has 1 aromatic rings. The highest BCUT2D eigenvalue weighted by molar-refractivity contribution is 6.31. The Kier molecular flexibility index (Phi) is 4.43. The number of hydrogen-bond acceptors (Lipinski definition) is 3. The molecule has 0 atom stereocenters. The van der Waals surface area contributed by atoms with E-state index in [0.717, 1.165) is 18.5 Å². The van der Waals surface area contributed by atoms with Gasteiger partial charge in [0.25, 0.3) is 0 Å². The fourth-order valence-corrected chi connectivity index (χ4v) is 1.12. The van der Waals surface area contributed by atoms with Crippen molar-refractivity contribution in [2.24, 2.45) is 0 Å². The first-order chi connectivity index (χ1) is 6.74. The maximum atomic E-state index is 5.69. The van der Waals surface area contributed by atoms with E-state index in [9.17, 15) is 0 Å². The van der Waals surface area contributed by atoms with Crippen molar-refractivity contribution in [3.05, 3.63) is 29.1 Å². The van der Waals surface area contributed by atoms with Crippen molar-refractivity contribution in [1.82, 2.24) is 10.3 Å². The third-order valence-corrected chi connectivity index (χ3v) is 2.07. The van der Waals surface area contributed by atoms with Crippen LogP contribution in [0.4, 0.5) is 5.69 Å². The number of anilines is 1. The summed E-state index contributed by atoms with van der Waals surface area (Å²) in [7, 11) is 1.93. The second-order valence-corrected chi connectivity index (χ2v) is 3.30. The lowest BCUT2D eigenvalue weighted by atomic mass is 10.2. The topological polar surface area (TPSA) is 50.9 Å². The molecule has 0 fully saturated rings. The Morgan fingerprint density at radius 2 is 2.43 bits per heavy atom. The van der Waals surface area contributed by atoms with Gasteiger partial charge >= 0.3 is 0 Å². The number of pyridine rings is 1. The minimum absolute atomic E-state index is 0.359. The van der Waals surface area contributed by atoms with Crippen molar-refractivity contribution < 1.29 is 0 Å². The average molecular weight is 212 g/mol. The maximum absolute atomic E-state index is 5.69. The molecule has 1 aromatic heterocycles. The first kappa shape index (κ1) is 11.0. The van der Waals surface area contributed by atoms with E-state index in [-0.39, 0.29) is 0 Å². The van der Waals surface area contributed by atoms with Crippen molar-refractivity contribution in [3.8, 4) is 0 Å². The molecule has 0 aliphatic carbocycles. The van der Waals surface area contributed by atoms with Crippen LogP contribution in [0.5, 0.6) is 0 Å². The van der Waals surface area contributed by atoms with Gasteiger partial charge in [-0.25, -0.2) is 4.98 Å². The molecule has 0 saturated heterocycles. The smallest absolute Gasteiger partial charge is 0.151 e. The molecule has 3 nitrogen and oxygen atoms in total. The quantitative estimate of drug-likeness (QED) is 0.591. The van der Waals surface area contributed by atoms with E-state index in [0.29, 0.717) is 10.8 Å². The van der Waals surface area contributed by atoms with Crippen LogP contribution < -0.4 is 11.1 Å². The van der Waals surface area contributed by atoms with Crippen molar-refractivity contribution >= 4 is 23.4 Å². The zero-order valence-corrected chi connectivity index (χ0v) is 8.88. The Bertz CT molecular complexity index is 323. The summed E-state index contributed by atoms with van der Waals surface area (Å²) in [6.45, 7) is 0.965. The van der Waals surface area contributed by atoms with E-state index in [4.69, 9.17) is 17.3 Å². The lowest BCUT2D eigenvalue weighted by Crippen LogP contribution is -2.05. The van der Waals surface area contributed by atoms with Gasteiger partial charge in [0.05, 0.1) is 5.69 Å². The van der Waals surface area contributed by atoms with Gasteiger partial charge in [0.1, 0.15) is 0 Å². The molecular formula is C10H14ClN3. The van der Waals surface area contributed by atoms with Crippen LogP contribution in [0.3, 0.4) is 0 Å². The predicted octanol–water partition coefficient (Wildman–Crippen LogP) is 1.94. The molecule has 1 rings (SSSR count). The van der Waals surface area contributed by atoms with Crippen molar-refractivity contribution in [2.75, 3.05) is 19.3 Å². The molecule has 0 bridgehead atoms. The van der Waals surface area contributed by atoms with Crippen LogP contribution in [0.15, 0.2) is 18.3 Å². The van der Waals surface area contributed by atoms with E-state index in [1.165, 1.54) is 0 Å². The number of rotatable bonds is 4. The van der Waals surface area contributed by atoms with Crippen LogP contribution in [0.1, 0.15) is 12.0 Å². The van der Waals surface area contributed by atoms with E-state index >= 15 is 0 Å². The summed E-state index contributed by atoms with van der Waals surface area (Å²) < 4.78 is 0. The highest BCUT2D eigenvalue weighted by atomic mass is 35.5. The van der Waals surface area contributed by atoms with Crippen LogP contribution in [-0.4, -0.2) is 18.6 Å². The number of nitrogens with zero attached hydrogens (tertiary/aromatic N) is 1. The summed E-state index contributed by atoms with van der Waals surface area (Å²) >= 11 is 5.69. The molecule has 14 heavy (non-hydrogen) atoms. The third-order valence-electron chi connectivity index (χ3n) is 1.76. The second-order valence-electron chi connectivity index (χ2n) is 2.94. The first-order valence-electron chi connectivity index (χ1n) is 4.46. The Morgan fingerprint density at radius 1 is 1.64 bits per heavy atom. The molecule has 0 aliphatic heterocycles. The Labute approximate surface area is 89.0 Å². The maximum Gasteiger partial charge on any atom is 0.151 e. The summed E-state index contributed by atoms with van der Waals surface area (Å²) in [6.07, 6.45) is 6.74. The van der Waals surface area contributed by atoms with Crippen LogP contribution >= 0.6 is 11.6 Å². The highest BCUT2D eigenvalue weighted by Crippen LogP contribution is 2.16. The monoisotopic (exact) mass is 211 g/mol. The standard InChI is InChI=1S/C10H14ClN3/c1-13-5-3-2-4-8-6-9(12)10(11)14-7-8/h2,4,6-7,13H,3,5,12H2,1H3. The fraction of sp³-hybridized carbons (Fsp3) is 0.300. The molecule has 0 aromatic carbocycles. The number of nitrogens with one attached hydrogen (secondary N) is 1. The average Bonchev–Trinajstić information content (AvgIpc) is 2.18. The van der Waals surface area contributed by atoms with Crippen molar-refractivity contribution in [1.29, 1.82) is 0 Å². The second kappa shape index (κ2) is 5.62. The molecule has 3 N–H and O–H groups in total. The highest BCUT2D eigenvalue weighted by Gasteiger charge is 1.96. The van der Waals surface area contributed by atoms with Gasteiger partial charge in [0.2, 0.25) is 0 Å². The summed E-state index contributed by atoms with van der Waals surface area (Å²) in [5.74, 6) is 0. The van der Waals surface area contributed by atoms with Gasteiger partial charge in [-0.05, 0) is 31.6 Å². The van der Waals surface area contributed by atoms with Gasteiger partial charge in [-0.3, -0.25) is 0 Å². The summed E-state index contributed by atoms with van der Waals surface area (Å²) in [6, 6.07) is 1.81. The third kappa shape index (κ3) is 3.36. The minimum Gasteiger partial charge on any atom is -0.396 e. The van der Waals surface area contributed by atoms with Crippen LogP contribution in [-0.2, 0) is 0 Å². The van der Waals surface area contributed by atoms with E-state index in [2.05, 4.69) is 16.4 Å². The summed E-state index contributed by atoms with van der Waals surface area (Å²) in [5, 5.41) is 3.42. The lowest BCUT2D eigenvalue weighted by Gasteiger charge is -1.98. The first-order valence-corrected chi connectivity index (χ1v) is 4.84. The molecule has 0 amide bonds. The number of nitrogen functional groups attached to an aromatic ring is 1. The number of halogens is 1. The molecule has 0 saturated carbocycles. The van der Waals surface area contributed by atoms with Crippen molar-refractivity contribution in [2.45, 2.75) is 6.42 Å². The Hall–Kier alpha value is -1.06. The van der Waals surface area contributed by atoms with Gasteiger partial charge in [0.15, 0.2) is 5.15 Å². The molecular weight excluding hydrogens is 198 g/mol. The SMILES string of the molecule is CNCCC=Cc1cnc(Cl)c(N)c1. The molecule has 0 radical (unpaired) electrons. The van der Waals surface area contributed by atoms with Crippen molar-refractivity contribution in [3.63, 3.8) is 0 Å². The van der Waals surface area contributed by atoms with E-state index < -0.39 is 0 Å². The van der Waals surface area contributed by atoms with Gasteiger partial charge in [0, 0.05) is 6.20 Å². The molecule has 0 spiro atoms. The molecule has 4 heteroatoms. The summed E-state index contributed by atoms with van der Waals surface area (Å²) in [4.78, 5) is 3.95. The van der Waals surface area contributed by atoms with E-state index in [1.807, 2.05) is 19.2 Å². The predicted molar refractivity (Wildman–Crippen MR) is 61.2 cm³/mol. The Morgan fingerprint density at radius 3 is 3.07 bits per heavy atom. The van der Waals surface area contributed by atoms with Crippen LogP contribution in [0.2, 0.25) is 5.15 Å². The molecule has 76 valence electrons. The summed E-state index contributed by atoms with van der Waals surface area (Å²) in [5.41, 5.74) is 7.10. The Balaban J connectivity index is 2.59. The molecule has 0 unspecified atom stereocenters. The molecule has 1 heterocycles. The van der Waals surface area contributed by atoms with Crippen LogP contribution in [0, 0.1) is 0 Å². The van der Waals surface area contributed by atoms with Gasteiger partial charge in [-0.2, -0.15) is 0 Å². The fourth-order valence-electron chi connectivity index (χ4n) is 1.02. The van der Waals surface area contributed by atoms with Gasteiger partial charge in [-0.15, -0.1) is 0 Å². The molecule has 0 aliphatic rings.